The lowest BCUT2D eigenvalue weighted by atomic mass is 9.93. The van der Waals surface area contributed by atoms with Crippen molar-refractivity contribution in [3.8, 4) is 0 Å². The summed E-state index contributed by atoms with van der Waals surface area (Å²) >= 11 is 0. The highest BCUT2D eigenvalue weighted by Crippen LogP contribution is 2.29. The van der Waals surface area contributed by atoms with E-state index in [0.29, 0.717) is 12.1 Å². The monoisotopic (exact) mass is 256 g/mol. The fraction of sp³-hybridized carbons (Fsp3) is 0.929. The van der Waals surface area contributed by atoms with Gasteiger partial charge in [-0.2, -0.15) is 0 Å². The van der Waals surface area contributed by atoms with Crippen LogP contribution < -0.4 is 5.32 Å². The number of carboxylic acid groups (broad SMARTS) is 1. The zero-order chi connectivity index (χ0) is 13.8. The molecule has 2 atom stereocenters. The molecule has 18 heavy (non-hydrogen) atoms. The molecule has 2 unspecified atom stereocenters. The van der Waals surface area contributed by atoms with Gasteiger partial charge in [0.05, 0.1) is 0 Å². The summed E-state index contributed by atoms with van der Waals surface area (Å²) in [6.45, 7) is 10.9. The number of aliphatic carboxylic acids is 1. The smallest absolute Gasteiger partial charge is 0.303 e. The Bertz CT molecular complexity index is 279. The largest absolute Gasteiger partial charge is 0.481 e. The van der Waals surface area contributed by atoms with E-state index in [1.54, 1.807) is 0 Å². The van der Waals surface area contributed by atoms with Crippen LogP contribution in [0.3, 0.4) is 0 Å². The molecule has 1 heterocycles. The first-order valence-corrected chi connectivity index (χ1v) is 7.09. The number of hydrogen-bond acceptors (Lipinski definition) is 3. The lowest BCUT2D eigenvalue weighted by Crippen LogP contribution is -2.54. The van der Waals surface area contributed by atoms with Crippen molar-refractivity contribution in [2.75, 3.05) is 13.1 Å². The van der Waals surface area contributed by atoms with Gasteiger partial charge in [-0.05, 0) is 46.6 Å². The van der Waals surface area contributed by atoms with Crippen LogP contribution in [0.2, 0.25) is 0 Å². The lowest BCUT2D eigenvalue weighted by Gasteiger charge is -2.45. The van der Waals surface area contributed by atoms with Gasteiger partial charge in [0.2, 0.25) is 0 Å². The second kappa shape index (κ2) is 6.53. The Balaban J connectivity index is 2.83. The van der Waals surface area contributed by atoms with E-state index in [0.717, 1.165) is 32.4 Å². The molecule has 4 nitrogen and oxygen atoms in total. The Morgan fingerprint density at radius 2 is 2.22 bits per heavy atom. The van der Waals surface area contributed by atoms with E-state index in [-0.39, 0.29) is 12.0 Å². The molecule has 1 aliphatic heterocycles. The van der Waals surface area contributed by atoms with E-state index in [4.69, 9.17) is 5.11 Å². The molecule has 1 aliphatic rings. The maximum Gasteiger partial charge on any atom is 0.303 e. The first-order chi connectivity index (χ1) is 8.38. The van der Waals surface area contributed by atoms with Gasteiger partial charge < -0.3 is 10.4 Å². The van der Waals surface area contributed by atoms with Crippen LogP contribution in [0.5, 0.6) is 0 Å². The highest BCUT2D eigenvalue weighted by Gasteiger charge is 2.36. The van der Waals surface area contributed by atoms with Crippen LogP contribution >= 0.6 is 0 Å². The highest BCUT2D eigenvalue weighted by molar-refractivity contribution is 5.66. The van der Waals surface area contributed by atoms with Gasteiger partial charge >= 0.3 is 5.97 Å². The SMILES string of the molecule is CCC(C)N1C(CCC(=O)O)CNCCC1(C)C. The summed E-state index contributed by atoms with van der Waals surface area (Å²) in [6.07, 6.45) is 3.21. The topological polar surface area (TPSA) is 52.6 Å². The number of hydrogen-bond donors (Lipinski definition) is 2. The van der Waals surface area contributed by atoms with Gasteiger partial charge in [0.25, 0.3) is 0 Å². The highest BCUT2D eigenvalue weighted by atomic mass is 16.4. The number of carboxylic acids is 1. The van der Waals surface area contributed by atoms with Crippen LogP contribution in [0, 0.1) is 0 Å². The summed E-state index contributed by atoms with van der Waals surface area (Å²) in [5.41, 5.74) is 0.141. The third kappa shape index (κ3) is 3.95. The molecule has 0 aromatic rings. The van der Waals surface area contributed by atoms with Crippen molar-refractivity contribution >= 4 is 5.97 Å². The molecule has 0 spiro atoms. The van der Waals surface area contributed by atoms with Crippen molar-refractivity contribution in [1.29, 1.82) is 0 Å². The molecule has 0 aromatic carbocycles. The van der Waals surface area contributed by atoms with Crippen molar-refractivity contribution in [3.63, 3.8) is 0 Å². The Labute approximate surface area is 111 Å². The number of nitrogens with one attached hydrogen (secondary N) is 1. The van der Waals surface area contributed by atoms with E-state index in [1.165, 1.54) is 0 Å². The van der Waals surface area contributed by atoms with Crippen LogP contribution in [0.25, 0.3) is 0 Å². The van der Waals surface area contributed by atoms with Gasteiger partial charge in [-0.1, -0.05) is 6.92 Å². The van der Waals surface area contributed by atoms with Crippen LogP contribution in [0.15, 0.2) is 0 Å². The molecular formula is C14H28N2O2. The van der Waals surface area contributed by atoms with E-state index in [1.807, 2.05) is 0 Å². The third-order valence-electron chi connectivity index (χ3n) is 4.14. The van der Waals surface area contributed by atoms with Gasteiger partial charge in [-0.25, -0.2) is 0 Å². The minimum absolute atomic E-state index is 0.141. The fourth-order valence-corrected chi connectivity index (χ4v) is 3.07. The van der Waals surface area contributed by atoms with E-state index in [9.17, 15) is 4.79 Å². The van der Waals surface area contributed by atoms with Crippen molar-refractivity contribution in [3.05, 3.63) is 0 Å². The molecule has 1 rings (SSSR count). The zero-order valence-electron chi connectivity index (χ0n) is 12.2. The maximum absolute atomic E-state index is 10.8. The average molecular weight is 256 g/mol. The molecule has 106 valence electrons. The fourth-order valence-electron chi connectivity index (χ4n) is 3.07. The van der Waals surface area contributed by atoms with E-state index < -0.39 is 5.97 Å². The maximum atomic E-state index is 10.8. The van der Waals surface area contributed by atoms with Crippen LogP contribution in [-0.2, 0) is 4.79 Å². The predicted molar refractivity (Wildman–Crippen MR) is 73.8 cm³/mol. The Morgan fingerprint density at radius 3 is 2.78 bits per heavy atom. The van der Waals surface area contributed by atoms with Crippen molar-refractivity contribution < 1.29 is 9.90 Å². The molecule has 0 bridgehead atoms. The molecule has 0 amide bonds. The van der Waals surface area contributed by atoms with Gasteiger partial charge in [-0.15, -0.1) is 0 Å². The molecule has 4 heteroatoms. The van der Waals surface area contributed by atoms with Gasteiger partial charge in [0.15, 0.2) is 0 Å². The van der Waals surface area contributed by atoms with Gasteiger partial charge in [0.1, 0.15) is 0 Å². The Kier molecular flexibility index (Phi) is 5.60. The minimum Gasteiger partial charge on any atom is -0.481 e. The van der Waals surface area contributed by atoms with Gasteiger partial charge in [0, 0.05) is 30.6 Å². The second-order valence-electron chi connectivity index (χ2n) is 6.02. The zero-order valence-corrected chi connectivity index (χ0v) is 12.2. The quantitative estimate of drug-likeness (QED) is 0.791. The predicted octanol–water partition coefficient (Wildman–Crippen LogP) is 2.09. The summed E-state index contributed by atoms with van der Waals surface area (Å²) in [7, 11) is 0. The second-order valence-corrected chi connectivity index (χ2v) is 6.02. The van der Waals surface area contributed by atoms with Crippen molar-refractivity contribution in [1.82, 2.24) is 10.2 Å². The number of carbonyl (C=O) groups is 1. The molecule has 0 saturated carbocycles. The molecule has 0 radical (unpaired) electrons. The summed E-state index contributed by atoms with van der Waals surface area (Å²) in [5.74, 6) is -0.693. The third-order valence-corrected chi connectivity index (χ3v) is 4.14. The standard InChI is InChI=1S/C14H28N2O2/c1-5-11(2)16-12(6-7-13(17)18)10-15-9-8-14(16,3)4/h11-12,15H,5-10H2,1-4H3,(H,17,18). The normalized spacial score (nSPS) is 26.6. The van der Waals surface area contributed by atoms with Crippen LogP contribution in [0.1, 0.15) is 53.4 Å². The van der Waals surface area contributed by atoms with Crippen LogP contribution in [0.4, 0.5) is 0 Å². The summed E-state index contributed by atoms with van der Waals surface area (Å²) in [6, 6.07) is 0.826. The lowest BCUT2D eigenvalue weighted by molar-refractivity contribution is -0.137. The van der Waals surface area contributed by atoms with Crippen molar-refractivity contribution in [2.24, 2.45) is 0 Å². The molecule has 0 aromatic heterocycles. The number of rotatable bonds is 5. The molecule has 1 saturated heterocycles. The van der Waals surface area contributed by atoms with Gasteiger partial charge in [-0.3, -0.25) is 9.69 Å². The summed E-state index contributed by atoms with van der Waals surface area (Å²) in [5, 5.41) is 12.3. The Morgan fingerprint density at radius 1 is 1.56 bits per heavy atom. The average Bonchev–Trinajstić information content (AvgIpc) is 2.43. The molecule has 0 aliphatic carbocycles. The van der Waals surface area contributed by atoms with E-state index >= 15 is 0 Å². The molecule has 1 fully saturated rings. The molecule has 2 N–H and O–H groups in total. The Hall–Kier alpha value is -0.610. The van der Waals surface area contributed by atoms with Crippen molar-refractivity contribution in [2.45, 2.75) is 71.0 Å². The minimum atomic E-state index is -0.693. The molecular weight excluding hydrogens is 228 g/mol. The first-order valence-electron chi connectivity index (χ1n) is 7.09. The summed E-state index contributed by atoms with van der Waals surface area (Å²) < 4.78 is 0. The summed E-state index contributed by atoms with van der Waals surface area (Å²) in [4.78, 5) is 13.3. The van der Waals surface area contributed by atoms with Crippen LogP contribution in [-0.4, -0.2) is 46.7 Å². The van der Waals surface area contributed by atoms with E-state index in [2.05, 4.69) is 37.9 Å². The number of nitrogens with zero attached hydrogens (tertiary/aromatic N) is 1. The first kappa shape index (κ1) is 15.4.